The molecule has 0 heterocycles. The van der Waals surface area contributed by atoms with Crippen LogP contribution in [-0.2, 0) is 20.0 Å². The fourth-order valence-electron chi connectivity index (χ4n) is 2.91. The third kappa shape index (κ3) is 4.07. The number of nitrogens with zero attached hydrogens (tertiary/aromatic N) is 1. The van der Waals surface area contributed by atoms with Gasteiger partial charge in [0.2, 0.25) is 0 Å². The zero-order valence-electron chi connectivity index (χ0n) is 13.8. The first-order chi connectivity index (χ1) is 10.7. The summed E-state index contributed by atoms with van der Waals surface area (Å²) in [7, 11) is 0. The molecule has 23 heavy (non-hydrogen) atoms. The number of non-ortho nitro benzene ring substituents is 1. The molecule has 1 aromatic carbocycles. The Morgan fingerprint density at radius 3 is 2.17 bits per heavy atom. The van der Waals surface area contributed by atoms with E-state index in [1.165, 1.54) is 12.1 Å². The monoisotopic (exact) mass is 321 g/mol. The van der Waals surface area contributed by atoms with Crippen molar-refractivity contribution < 1.29 is 19.5 Å². The number of benzene rings is 1. The minimum Gasteiger partial charge on any atom is -0.297 e. The van der Waals surface area contributed by atoms with Crippen LogP contribution in [0.25, 0.3) is 0 Å². The minimum atomic E-state index is -0.779. The number of rotatable bonds is 4. The number of nitro benzene ring substituents is 1. The highest BCUT2D eigenvalue weighted by atomic mass is 17.2. The second-order valence-corrected chi connectivity index (χ2v) is 7.01. The molecular weight excluding hydrogens is 298 g/mol. The van der Waals surface area contributed by atoms with Gasteiger partial charge in [0.1, 0.15) is 5.60 Å². The molecule has 1 aliphatic carbocycles. The molecule has 1 aromatic rings. The van der Waals surface area contributed by atoms with Crippen molar-refractivity contribution in [3.05, 3.63) is 39.9 Å². The molecule has 2 rings (SSSR count). The Kier molecular flexibility index (Phi) is 5.04. The minimum absolute atomic E-state index is 0.0130. The fraction of sp³-hybridized carbons (Fsp3) is 0.588. The van der Waals surface area contributed by atoms with Crippen molar-refractivity contribution in [1.82, 2.24) is 0 Å². The summed E-state index contributed by atoms with van der Waals surface area (Å²) in [6, 6.07) is 6.18. The molecule has 0 N–H and O–H groups in total. The van der Waals surface area contributed by atoms with Gasteiger partial charge in [0.25, 0.3) is 5.69 Å². The molecule has 0 atom stereocenters. The summed E-state index contributed by atoms with van der Waals surface area (Å²) in [6.45, 7) is 5.42. The summed E-state index contributed by atoms with van der Waals surface area (Å²) < 4.78 is 0. The van der Waals surface area contributed by atoms with E-state index in [1.807, 2.05) is 0 Å². The molecule has 0 unspecified atom stereocenters. The molecule has 0 aliphatic heterocycles. The maximum atomic E-state index is 12.7. The highest BCUT2D eigenvalue weighted by molar-refractivity contribution is 5.83. The lowest BCUT2D eigenvalue weighted by molar-refractivity contribution is -0.384. The lowest BCUT2D eigenvalue weighted by Gasteiger charge is -2.35. The molecule has 6 heteroatoms. The van der Waals surface area contributed by atoms with Crippen molar-refractivity contribution in [3.8, 4) is 0 Å². The molecule has 126 valence electrons. The van der Waals surface area contributed by atoms with Crippen LogP contribution in [0.1, 0.15) is 58.4 Å². The van der Waals surface area contributed by atoms with E-state index < -0.39 is 21.9 Å². The van der Waals surface area contributed by atoms with Gasteiger partial charge in [-0.15, -0.1) is 0 Å². The van der Waals surface area contributed by atoms with E-state index >= 15 is 0 Å². The van der Waals surface area contributed by atoms with E-state index in [0.717, 1.165) is 24.8 Å². The highest BCUT2D eigenvalue weighted by Crippen LogP contribution is 2.41. The topological polar surface area (TPSA) is 78.7 Å². The SMILES string of the molecule is CC(C)(C)OOC(=O)C1(c2ccc([N+](=O)[O-])cc2)CCCCC1. The Labute approximate surface area is 135 Å². The van der Waals surface area contributed by atoms with Crippen LogP contribution in [0.5, 0.6) is 0 Å². The van der Waals surface area contributed by atoms with Crippen molar-refractivity contribution in [2.24, 2.45) is 0 Å². The summed E-state index contributed by atoms with van der Waals surface area (Å²) in [5.74, 6) is -0.416. The smallest absolute Gasteiger partial charge is 0.297 e. The van der Waals surface area contributed by atoms with Gasteiger partial charge in [-0.3, -0.25) is 15.0 Å². The lowest BCUT2D eigenvalue weighted by Crippen LogP contribution is -2.40. The average Bonchev–Trinajstić information content (AvgIpc) is 2.52. The molecular formula is C17H23NO5. The van der Waals surface area contributed by atoms with Gasteiger partial charge in [0, 0.05) is 12.1 Å². The van der Waals surface area contributed by atoms with Crippen molar-refractivity contribution in [3.63, 3.8) is 0 Å². The Hall–Kier alpha value is -1.95. The zero-order chi connectivity index (χ0) is 17.1. The number of nitro groups is 1. The van der Waals surface area contributed by atoms with Gasteiger partial charge in [0.05, 0.1) is 10.3 Å². The fourth-order valence-corrected chi connectivity index (χ4v) is 2.91. The number of carbonyl (C=O) groups is 1. The molecule has 0 amide bonds. The summed E-state index contributed by atoms with van der Waals surface area (Å²) in [4.78, 5) is 33.4. The van der Waals surface area contributed by atoms with Crippen molar-refractivity contribution >= 4 is 11.7 Å². The quantitative estimate of drug-likeness (QED) is 0.474. The second kappa shape index (κ2) is 6.66. The number of hydrogen-bond donors (Lipinski definition) is 0. The molecule has 1 saturated carbocycles. The van der Waals surface area contributed by atoms with Crippen molar-refractivity contribution in [1.29, 1.82) is 0 Å². The molecule has 0 saturated heterocycles. The summed E-state index contributed by atoms with van der Waals surface area (Å²) in [5, 5.41) is 10.8. The maximum absolute atomic E-state index is 12.7. The average molecular weight is 321 g/mol. The van der Waals surface area contributed by atoms with E-state index in [-0.39, 0.29) is 5.69 Å². The Balaban J connectivity index is 2.27. The molecule has 0 aromatic heterocycles. The van der Waals surface area contributed by atoms with Crippen LogP contribution in [-0.4, -0.2) is 16.5 Å². The second-order valence-electron chi connectivity index (χ2n) is 7.01. The summed E-state index contributed by atoms with van der Waals surface area (Å²) in [5.41, 5.74) is -0.594. The standard InChI is InChI=1S/C17H23NO5/c1-16(2,3)23-22-15(19)17(11-5-4-6-12-17)13-7-9-14(10-8-13)18(20)21/h7-10H,4-6,11-12H2,1-3H3. The van der Waals surface area contributed by atoms with Gasteiger partial charge >= 0.3 is 5.97 Å². The highest BCUT2D eigenvalue weighted by Gasteiger charge is 2.44. The van der Waals surface area contributed by atoms with Crippen LogP contribution < -0.4 is 0 Å². The largest absolute Gasteiger partial charge is 0.352 e. The number of hydrogen-bond acceptors (Lipinski definition) is 5. The van der Waals surface area contributed by atoms with E-state index in [4.69, 9.17) is 9.78 Å². The van der Waals surface area contributed by atoms with Crippen LogP contribution in [0.15, 0.2) is 24.3 Å². The predicted octanol–water partition coefficient (Wildman–Crippen LogP) is 4.07. The van der Waals surface area contributed by atoms with E-state index in [0.29, 0.717) is 12.8 Å². The molecule has 0 bridgehead atoms. The lowest BCUT2D eigenvalue weighted by atomic mass is 9.69. The third-order valence-corrected chi connectivity index (χ3v) is 4.10. The molecule has 0 radical (unpaired) electrons. The van der Waals surface area contributed by atoms with Crippen LogP contribution in [0.3, 0.4) is 0 Å². The van der Waals surface area contributed by atoms with Gasteiger partial charge in [0.15, 0.2) is 0 Å². The Bertz CT molecular complexity index is 568. The number of carbonyl (C=O) groups excluding carboxylic acids is 1. The molecule has 0 spiro atoms. The van der Waals surface area contributed by atoms with Crippen molar-refractivity contribution in [2.45, 2.75) is 63.9 Å². The van der Waals surface area contributed by atoms with Crippen molar-refractivity contribution in [2.75, 3.05) is 0 Å². The van der Waals surface area contributed by atoms with Crippen LogP contribution in [0, 0.1) is 10.1 Å². The Morgan fingerprint density at radius 2 is 1.70 bits per heavy atom. The van der Waals surface area contributed by atoms with E-state index in [1.54, 1.807) is 32.9 Å². The Morgan fingerprint density at radius 1 is 1.13 bits per heavy atom. The van der Waals surface area contributed by atoms with Gasteiger partial charge in [-0.1, -0.05) is 31.4 Å². The first-order valence-corrected chi connectivity index (χ1v) is 7.90. The first-order valence-electron chi connectivity index (χ1n) is 7.90. The zero-order valence-corrected chi connectivity index (χ0v) is 13.8. The van der Waals surface area contributed by atoms with Gasteiger partial charge in [-0.05, 0) is 39.2 Å². The summed E-state index contributed by atoms with van der Waals surface area (Å²) in [6.07, 6.45) is 4.24. The molecule has 6 nitrogen and oxygen atoms in total. The predicted molar refractivity (Wildman–Crippen MR) is 84.8 cm³/mol. The normalized spacial score (nSPS) is 17.5. The molecule has 1 fully saturated rings. The first kappa shape index (κ1) is 17.4. The van der Waals surface area contributed by atoms with Crippen LogP contribution in [0.4, 0.5) is 5.69 Å². The van der Waals surface area contributed by atoms with Gasteiger partial charge in [-0.2, -0.15) is 4.89 Å². The van der Waals surface area contributed by atoms with Gasteiger partial charge in [-0.25, -0.2) is 4.79 Å². The van der Waals surface area contributed by atoms with Gasteiger partial charge < -0.3 is 0 Å². The summed E-state index contributed by atoms with van der Waals surface area (Å²) >= 11 is 0. The van der Waals surface area contributed by atoms with Crippen LogP contribution >= 0.6 is 0 Å². The molecule has 1 aliphatic rings. The third-order valence-electron chi connectivity index (χ3n) is 4.10. The van der Waals surface area contributed by atoms with Crippen LogP contribution in [0.2, 0.25) is 0 Å². The van der Waals surface area contributed by atoms with E-state index in [9.17, 15) is 14.9 Å². The van der Waals surface area contributed by atoms with E-state index in [2.05, 4.69) is 0 Å². The maximum Gasteiger partial charge on any atom is 0.352 e.